The third-order valence-electron chi connectivity index (χ3n) is 7.48. The molecule has 0 radical (unpaired) electrons. The lowest BCUT2D eigenvalue weighted by Crippen LogP contribution is -2.38. The number of carbonyl (C=O) groups excluding carboxylic acids is 1. The van der Waals surface area contributed by atoms with Crippen LogP contribution in [0.25, 0.3) is 0 Å². The number of esters is 1. The third kappa shape index (κ3) is 6.44. The quantitative estimate of drug-likeness (QED) is 0.217. The van der Waals surface area contributed by atoms with Crippen LogP contribution in [0.5, 0.6) is 0 Å². The van der Waals surface area contributed by atoms with Crippen molar-refractivity contribution in [2.24, 2.45) is 17.3 Å². The average Bonchev–Trinajstić information content (AvgIpc) is 2.76. The molecule has 34 heavy (non-hydrogen) atoms. The minimum absolute atomic E-state index is 0.181. The summed E-state index contributed by atoms with van der Waals surface area (Å²) >= 11 is 1.94. The summed E-state index contributed by atoms with van der Waals surface area (Å²) in [6.07, 6.45) is 5.56. The molecule has 1 saturated carbocycles. The van der Waals surface area contributed by atoms with Gasteiger partial charge in [0.05, 0.1) is 5.56 Å². The van der Waals surface area contributed by atoms with E-state index in [-0.39, 0.29) is 11.4 Å². The summed E-state index contributed by atoms with van der Waals surface area (Å²) in [5.74, 6) is 1.93. The number of ether oxygens (including phenoxy) is 1. The maximum Gasteiger partial charge on any atom is 0.338 e. The summed E-state index contributed by atoms with van der Waals surface area (Å²) in [6.45, 7) is 17.7. The van der Waals surface area contributed by atoms with Gasteiger partial charge < -0.3 is 4.74 Å². The van der Waals surface area contributed by atoms with Gasteiger partial charge in [0.1, 0.15) is 6.61 Å². The number of allylic oxidation sites excluding steroid dienone is 2. The van der Waals surface area contributed by atoms with Crippen molar-refractivity contribution in [3.8, 4) is 0 Å². The molecular formula is C31H40O2S. The number of benzene rings is 2. The van der Waals surface area contributed by atoms with Crippen LogP contribution in [0.2, 0.25) is 0 Å². The molecule has 1 fully saturated rings. The normalized spacial score (nSPS) is 20.3. The number of thioether (sulfide) groups is 1. The van der Waals surface area contributed by atoms with Crippen molar-refractivity contribution in [3.05, 3.63) is 88.5 Å². The van der Waals surface area contributed by atoms with E-state index in [1.165, 1.54) is 22.5 Å². The second kappa shape index (κ2) is 11.4. The Hall–Kier alpha value is -2.26. The second-order valence-electron chi connectivity index (χ2n) is 10.5. The predicted molar refractivity (Wildman–Crippen MR) is 146 cm³/mol. The van der Waals surface area contributed by atoms with Crippen molar-refractivity contribution in [3.63, 3.8) is 0 Å². The molecule has 3 heteroatoms. The van der Waals surface area contributed by atoms with Crippen LogP contribution < -0.4 is 0 Å². The first-order chi connectivity index (χ1) is 16.1. The minimum Gasteiger partial charge on any atom is -0.458 e. The van der Waals surface area contributed by atoms with Gasteiger partial charge in [-0.1, -0.05) is 68.0 Å². The molecule has 0 unspecified atom stereocenters. The summed E-state index contributed by atoms with van der Waals surface area (Å²) < 4.78 is 5.68. The Morgan fingerprint density at radius 2 is 1.79 bits per heavy atom. The maximum atomic E-state index is 12.7. The summed E-state index contributed by atoms with van der Waals surface area (Å²) in [5.41, 5.74) is 6.51. The highest BCUT2D eigenvalue weighted by molar-refractivity contribution is 7.99. The van der Waals surface area contributed by atoms with E-state index in [1.807, 2.05) is 37.7 Å². The number of aryl methyl sites for hydroxylation is 3. The molecule has 0 saturated heterocycles. The fourth-order valence-electron chi connectivity index (χ4n) is 5.32. The monoisotopic (exact) mass is 476 g/mol. The van der Waals surface area contributed by atoms with Gasteiger partial charge in [-0.05, 0) is 93.0 Å². The number of hydrogen-bond donors (Lipinski definition) is 0. The molecule has 0 bridgehead atoms. The van der Waals surface area contributed by atoms with Gasteiger partial charge in [-0.3, -0.25) is 0 Å². The van der Waals surface area contributed by atoms with Gasteiger partial charge in [-0.2, -0.15) is 0 Å². The van der Waals surface area contributed by atoms with Gasteiger partial charge in [0.2, 0.25) is 0 Å². The first-order valence-corrected chi connectivity index (χ1v) is 13.3. The van der Waals surface area contributed by atoms with Crippen LogP contribution in [-0.4, -0.2) is 18.3 Å². The van der Waals surface area contributed by atoms with E-state index in [0.29, 0.717) is 24.0 Å². The molecule has 0 N–H and O–H groups in total. The van der Waals surface area contributed by atoms with Gasteiger partial charge in [0.25, 0.3) is 0 Å². The second-order valence-corrected chi connectivity index (χ2v) is 11.6. The summed E-state index contributed by atoms with van der Waals surface area (Å²) in [5, 5.41) is 0. The molecule has 0 spiro atoms. The minimum atomic E-state index is -0.227. The van der Waals surface area contributed by atoms with Gasteiger partial charge in [-0.25, -0.2) is 4.79 Å². The Morgan fingerprint density at radius 1 is 1.15 bits per heavy atom. The van der Waals surface area contributed by atoms with Crippen molar-refractivity contribution >= 4 is 17.7 Å². The lowest BCUT2D eigenvalue weighted by molar-refractivity contribution is 0.0537. The molecule has 2 atom stereocenters. The highest BCUT2D eigenvalue weighted by Gasteiger charge is 2.41. The Morgan fingerprint density at radius 3 is 2.44 bits per heavy atom. The van der Waals surface area contributed by atoms with E-state index < -0.39 is 0 Å². The van der Waals surface area contributed by atoms with Crippen LogP contribution in [0, 0.1) is 38.0 Å². The fourth-order valence-corrected chi connectivity index (χ4v) is 6.70. The summed E-state index contributed by atoms with van der Waals surface area (Å²) in [7, 11) is 0. The molecule has 1 aliphatic carbocycles. The lowest BCUT2D eigenvalue weighted by atomic mass is 9.60. The zero-order valence-corrected chi connectivity index (χ0v) is 22.6. The van der Waals surface area contributed by atoms with Gasteiger partial charge in [0, 0.05) is 10.6 Å². The Bertz CT molecular complexity index is 1030. The first kappa shape index (κ1) is 26.3. The molecular weight excluding hydrogens is 436 g/mol. The van der Waals surface area contributed by atoms with Crippen LogP contribution in [0.3, 0.4) is 0 Å². The Balaban J connectivity index is 1.59. The number of hydrogen-bond acceptors (Lipinski definition) is 3. The SMILES string of the molecule is C=C1CC[C@H](C/C=C(\C)COC(=O)c2c(C)cc(C)cc2C)C(C)(C)[C@@H]1CSc1ccccc1. The van der Waals surface area contributed by atoms with Crippen LogP contribution in [0.1, 0.15) is 67.1 Å². The van der Waals surface area contributed by atoms with E-state index in [2.05, 4.69) is 70.7 Å². The molecule has 2 aromatic rings. The predicted octanol–water partition coefficient (Wildman–Crippen LogP) is 8.51. The van der Waals surface area contributed by atoms with Crippen molar-refractivity contribution in [2.75, 3.05) is 12.4 Å². The number of rotatable bonds is 8. The molecule has 2 aromatic carbocycles. The molecule has 0 heterocycles. The molecule has 2 nitrogen and oxygen atoms in total. The maximum absolute atomic E-state index is 12.7. The van der Waals surface area contributed by atoms with Crippen molar-refractivity contribution in [1.29, 1.82) is 0 Å². The van der Waals surface area contributed by atoms with Gasteiger partial charge >= 0.3 is 5.97 Å². The van der Waals surface area contributed by atoms with Crippen molar-refractivity contribution in [2.45, 2.75) is 65.7 Å². The van der Waals surface area contributed by atoms with Gasteiger partial charge in [-0.15, -0.1) is 11.8 Å². The van der Waals surface area contributed by atoms with Crippen molar-refractivity contribution in [1.82, 2.24) is 0 Å². The van der Waals surface area contributed by atoms with Crippen LogP contribution in [0.4, 0.5) is 0 Å². The molecule has 0 amide bonds. The van der Waals surface area contributed by atoms with Crippen LogP contribution >= 0.6 is 11.8 Å². The standard InChI is InChI=1S/C31H40O2S/c1-21(19-33-30(32)29-24(4)17-22(2)18-25(29)5)13-15-26-16-14-23(3)28(31(26,6)7)20-34-27-11-9-8-10-12-27/h8-13,17-18,26,28H,3,14-16,19-20H2,1-2,4-7H3/b21-13+/t26-,28+/m0/s1. The zero-order valence-electron chi connectivity index (χ0n) is 21.7. The summed E-state index contributed by atoms with van der Waals surface area (Å²) in [4.78, 5) is 14.0. The Labute approximate surface area is 210 Å². The third-order valence-corrected chi connectivity index (χ3v) is 8.59. The number of carbonyl (C=O) groups is 1. The smallest absolute Gasteiger partial charge is 0.338 e. The average molecular weight is 477 g/mol. The van der Waals surface area contributed by atoms with Gasteiger partial charge in [0.15, 0.2) is 0 Å². The molecule has 0 aliphatic heterocycles. The summed E-state index contributed by atoms with van der Waals surface area (Å²) in [6, 6.07) is 14.7. The molecule has 1 aliphatic rings. The van der Waals surface area contributed by atoms with E-state index in [1.54, 1.807) is 0 Å². The molecule has 3 rings (SSSR count). The zero-order chi connectivity index (χ0) is 24.9. The molecule has 0 aromatic heterocycles. The molecule has 182 valence electrons. The first-order valence-electron chi connectivity index (χ1n) is 12.4. The van der Waals surface area contributed by atoms with Crippen LogP contribution in [0.15, 0.2) is 71.2 Å². The lowest BCUT2D eigenvalue weighted by Gasteiger charge is -2.46. The van der Waals surface area contributed by atoms with E-state index in [9.17, 15) is 4.79 Å². The topological polar surface area (TPSA) is 26.3 Å². The van der Waals surface area contributed by atoms with Crippen LogP contribution in [-0.2, 0) is 4.74 Å². The largest absolute Gasteiger partial charge is 0.458 e. The highest BCUT2D eigenvalue weighted by atomic mass is 32.2. The highest BCUT2D eigenvalue weighted by Crippen LogP contribution is 2.50. The van der Waals surface area contributed by atoms with E-state index >= 15 is 0 Å². The Kier molecular flexibility index (Phi) is 8.87. The van der Waals surface area contributed by atoms with Crippen molar-refractivity contribution < 1.29 is 9.53 Å². The fraction of sp³-hybridized carbons (Fsp3) is 0.452. The van der Waals surface area contributed by atoms with E-state index in [0.717, 1.165) is 35.3 Å². The van der Waals surface area contributed by atoms with E-state index in [4.69, 9.17) is 4.74 Å².